The lowest BCUT2D eigenvalue weighted by Gasteiger charge is -2.33. The first-order valence-electron chi connectivity index (χ1n) is 8.52. The second kappa shape index (κ2) is 5.84. The normalized spacial score (nSPS) is 21.4. The number of likely N-dealkylation sites (tertiary alicyclic amines) is 1. The number of carbonyl (C=O) groups is 1. The summed E-state index contributed by atoms with van der Waals surface area (Å²) in [6.45, 7) is 3.75. The van der Waals surface area contributed by atoms with Crippen molar-refractivity contribution in [2.24, 2.45) is 0 Å². The zero-order chi connectivity index (χ0) is 15.8. The number of hydrogen-bond donors (Lipinski definition) is 0. The molecule has 23 heavy (non-hydrogen) atoms. The van der Waals surface area contributed by atoms with Crippen molar-refractivity contribution in [2.75, 3.05) is 13.1 Å². The molecule has 2 heterocycles. The fourth-order valence-corrected chi connectivity index (χ4v) is 3.66. The van der Waals surface area contributed by atoms with Crippen LogP contribution in [0.15, 0.2) is 35.1 Å². The van der Waals surface area contributed by atoms with Crippen LogP contribution in [-0.2, 0) is 0 Å². The summed E-state index contributed by atoms with van der Waals surface area (Å²) in [5, 5.41) is 0. The maximum Gasteiger partial charge on any atom is 0.276 e. The molecule has 0 N–H and O–H groups in total. The Bertz CT molecular complexity index is 718. The van der Waals surface area contributed by atoms with Gasteiger partial charge in [0.25, 0.3) is 5.91 Å². The molecule has 1 amide bonds. The molecule has 2 fully saturated rings. The largest absolute Gasteiger partial charge is 0.447 e. The quantitative estimate of drug-likeness (QED) is 0.864. The van der Waals surface area contributed by atoms with Crippen molar-refractivity contribution >= 4 is 5.91 Å². The molecule has 4 nitrogen and oxygen atoms in total. The Morgan fingerprint density at radius 3 is 2.83 bits per heavy atom. The van der Waals surface area contributed by atoms with E-state index in [4.69, 9.17) is 4.42 Å². The summed E-state index contributed by atoms with van der Waals surface area (Å²) in [6.07, 6.45) is 5.83. The lowest BCUT2D eigenvalue weighted by Crippen LogP contribution is -2.39. The average Bonchev–Trinajstić information content (AvgIpc) is 3.31. The highest BCUT2D eigenvalue weighted by Gasteiger charge is 2.35. The molecule has 1 aliphatic carbocycles. The third kappa shape index (κ3) is 2.78. The second-order valence-electron chi connectivity index (χ2n) is 6.79. The van der Waals surface area contributed by atoms with Crippen LogP contribution >= 0.6 is 0 Å². The Balaban J connectivity index is 1.54. The van der Waals surface area contributed by atoms with Gasteiger partial charge in [0.1, 0.15) is 5.76 Å². The molecule has 4 heteroatoms. The zero-order valence-electron chi connectivity index (χ0n) is 13.5. The standard InChI is InChI=1S/C19H22N2O2/c1-13-5-2-3-7-16(13)15-6-4-10-21(11-15)19(22)17-18(14-8-9-14)23-12-20-17/h2-3,5,7,12,14-15H,4,6,8-11H2,1H3/t15-/m1/s1. The highest BCUT2D eigenvalue weighted by Crippen LogP contribution is 2.42. The van der Waals surface area contributed by atoms with Crippen LogP contribution in [0.4, 0.5) is 0 Å². The second-order valence-corrected chi connectivity index (χ2v) is 6.79. The molecule has 0 unspecified atom stereocenters. The van der Waals surface area contributed by atoms with Crippen LogP contribution in [-0.4, -0.2) is 28.9 Å². The molecular weight excluding hydrogens is 288 g/mol. The number of nitrogens with zero attached hydrogens (tertiary/aromatic N) is 2. The van der Waals surface area contributed by atoms with Gasteiger partial charge in [0.05, 0.1) is 0 Å². The molecule has 1 aromatic heterocycles. The monoisotopic (exact) mass is 310 g/mol. The summed E-state index contributed by atoms with van der Waals surface area (Å²) in [5.41, 5.74) is 3.22. The molecule has 1 atom stereocenters. The molecule has 1 saturated heterocycles. The molecule has 1 aliphatic heterocycles. The summed E-state index contributed by atoms with van der Waals surface area (Å²) < 4.78 is 5.47. The summed E-state index contributed by atoms with van der Waals surface area (Å²) in [5.74, 6) is 1.67. The van der Waals surface area contributed by atoms with Gasteiger partial charge in [0.15, 0.2) is 12.1 Å². The number of oxazole rings is 1. The summed E-state index contributed by atoms with van der Waals surface area (Å²) in [7, 11) is 0. The molecule has 0 spiro atoms. The van der Waals surface area contributed by atoms with Gasteiger partial charge in [-0.3, -0.25) is 4.79 Å². The lowest BCUT2D eigenvalue weighted by molar-refractivity contribution is 0.0699. The van der Waals surface area contributed by atoms with Gasteiger partial charge in [-0.25, -0.2) is 4.98 Å². The van der Waals surface area contributed by atoms with E-state index in [1.165, 1.54) is 17.5 Å². The number of rotatable bonds is 3. The van der Waals surface area contributed by atoms with Crippen LogP contribution in [0.3, 0.4) is 0 Å². The van der Waals surface area contributed by atoms with Gasteiger partial charge in [0, 0.05) is 24.9 Å². The zero-order valence-corrected chi connectivity index (χ0v) is 13.5. The van der Waals surface area contributed by atoms with E-state index in [1.54, 1.807) is 0 Å². The Hall–Kier alpha value is -2.10. The van der Waals surface area contributed by atoms with E-state index in [2.05, 4.69) is 36.2 Å². The smallest absolute Gasteiger partial charge is 0.276 e. The predicted octanol–water partition coefficient (Wildman–Crippen LogP) is 3.88. The van der Waals surface area contributed by atoms with Crippen molar-refractivity contribution in [3.05, 3.63) is 53.2 Å². The van der Waals surface area contributed by atoms with E-state index in [1.807, 2.05) is 4.90 Å². The number of piperidine rings is 1. The topological polar surface area (TPSA) is 46.3 Å². The fraction of sp³-hybridized carbons (Fsp3) is 0.474. The van der Waals surface area contributed by atoms with Gasteiger partial charge >= 0.3 is 0 Å². The minimum Gasteiger partial charge on any atom is -0.447 e. The molecule has 120 valence electrons. The number of amides is 1. The lowest BCUT2D eigenvalue weighted by atomic mass is 9.88. The Kier molecular flexibility index (Phi) is 3.68. The van der Waals surface area contributed by atoms with Crippen LogP contribution in [0.5, 0.6) is 0 Å². The molecule has 0 radical (unpaired) electrons. The number of aryl methyl sites for hydroxylation is 1. The molecule has 2 aliphatic rings. The van der Waals surface area contributed by atoms with Crippen molar-refractivity contribution in [3.8, 4) is 0 Å². The maximum atomic E-state index is 12.9. The number of aromatic nitrogens is 1. The molecule has 2 aromatic rings. The van der Waals surface area contributed by atoms with Crippen molar-refractivity contribution in [1.82, 2.24) is 9.88 Å². The van der Waals surface area contributed by atoms with E-state index in [-0.39, 0.29) is 5.91 Å². The first kappa shape index (κ1) is 14.5. The van der Waals surface area contributed by atoms with Gasteiger partial charge < -0.3 is 9.32 Å². The molecule has 1 aromatic carbocycles. The van der Waals surface area contributed by atoms with Crippen molar-refractivity contribution < 1.29 is 9.21 Å². The molecule has 0 bridgehead atoms. The van der Waals surface area contributed by atoms with E-state index in [0.717, 1.165) is 44.5 Å². The SMILES string of the molecule is Cc1ccccc1[C@@H]1CCCN(C(=O)c2ncoc2C2CC2)C1. The van der Waals surface area contributed by atoms with E-state index in [0.29, 0.717) is 17.5 Å². The minimum absolute atomic E-state index is 0.0407. The Morgan fingerprint density at radius 1 is 1.22 bits per heavy atom. The van der Waals surface area contributed by atoms with Gasteiger partial charge in [-0.15, -0.1) is 0 Å². The van der Waals surface area contributed by atoms with E-state index < -0.39 is 0 Å². The number of benzene rings is 1. The summed E-state index contributed by atoms with van der Waals surface area (Å²) in [6, 6.07) is 8.51. The fourth-order valence-electron chi connectivity index (χ4n) is 3.66. The van der Waals surface area contributed by atoms with Crippen LogP contribution in [0, 0.1) is 6.92 Å². The summed E-state index contributed by atoms with van der Waals surface area (Å²) in [4.78, 5) is 19.1. The van der Waals surface area contributed by atoms with Gasteiger partial charge in [-0.2, -0.15) is 0 Å². The summed E-state index contributed by atoms with van der Waals surface area (Å²) >= 11 is 0. The molecule has 1 saturated carbocycles. The highest BCUT2D eigenvalue weighted by molar-refractivity contribution is 5.93. The predicted molar refractivity (Wildman–Crippen MR) is 87.5 cm³/mol. The Morgan fingerprint density at radius 2 is 2.04 bits per heavy atom. The third-order valence-electron chi connectivity index (χ3n) is 5.08. The van der Waals surface area contributed by atoms with E-state index in [9.17, 15) is 4.79 Å². The highest BCUT2D eigenvalue weighted by atomic mass is 16.3. The Labute approximate surface area is 136 Å². The molecule has 4 rings (SSSR count). The van der Waals surface area contributed by atoms with Gasteiger partial charge in [0.2, 0.25) is 0 Å². The average molecular weight is 310 g/mol. The van der Waals surface area contributed by atoms with Gasteiger partial charge in [-0.1, -0.05) is 24.3 Å². The number of carbonyl (C=O) groups excluding carboxylic acids is 1. The van der Waals surface area contributed by atoms with Gasteiger partial charge in [-0.05, 0) is 43.7 Å². The van der Waals surface area contributed by atoms with E-state index >= 15 is 0 Å². The number of hydrogen-bond acceptors (Lipinski definition) is 3. The first-order valence-corrected chi connectivity index (χ1v) is 8.52. The van der Waals surface area contributed by atoms with Crippen LogP contribution < -0.4 is 0 Å². The van der Waals surface area contributed by atoms with Crippen molar-refractivity contribution in [2.45, 2.75) is 44.4 Å². The first-order chi connectivity index (χ1) is 11.2. The third-order valence-corrected chi connectivity index (χ3v) is 5.08. The van der Waals surface area contributed by atoms with Crippen LogP contribution in [0.1, 0.15) is 64.9 Å². The molecular formula is C19H22N2O2. The van der Waals surface area contributed by atoms with Crippen molar-refractivity contribution in [1.29, 1.82) is 0 Å². The maximum absolute atomic E-state index is 12.9. The van der Waals surface area contributed by atoms with Crippen LogP contribution in [0.2, 0.25) is 0 Å². The van der Waals surface area contributed by atoms with Crippen LogP contribution in [0.25, 0.3) is 0 Å². The van der Waals surface area contributed by atoms with Crippen molar-refractivity contribution in [3.63, 3.8) is 0 Å². The minimum atomic E-state index is 0.0407.